The third kappa shape index (κ3) is 2.13. The lowest BCUT2D eigenvalue weighted by molar-refractivity contribution is 0.625. The topological polar surface area (TPSA) is 52.8 Å². The molecule has 0 N–H and O–H groups in total. The zero-order valence-corrected chi connectivity index (χ0v) is 9.84. The summed E-state index contributed by atoms with van der Waals surface area (Å²) in [5.41, 5.74) is 0.569. The molecular formula is C13H11FN4. The fourth-order valence-corrected chi connectivity index (χ4v) is 1.71. The van der Waals surface area contributed by atoms with Gasteiger partial charge in [0.05, 0.1) is 5.69 Å². The van der Waals surface area contributed by atoms with Crippen LogP contribution in [-0.2, 0) is 0 Å². The van der Waals surface area contributed by atoms with Crippen LogP contribution in [0.15, 0.2) is 36.7 Å². The molecular weight excluding hydrogens is 231 g/mol. The third-order valence-corrected chi connectivity index (χ3v) is 2.50. The lowest BCUT2D eigenvalue weighted by atomic mass is 10.2. The lowest BCUT2D eigenvalue weighted by Crippen LogP contribution is -2.20. The average molecular weight is 242 g/mol. The number of nitriles is 1. The minimum Gasteiger partial charge on any atom is -0.322 e. The molecule has 5 heteroatoms. The van der Waals surface area contributed by atoms with E-state index in [9.17, 15) is 4.39 Å². The van der Waals surface area contributed by atoms with E-state index in [-0.39, 0.29) is 11.5 Å². The summed E-state index contributed by atoms with van der Waals surface area (Å²) in [4.78, 5) is 9.67. The van der Waals surface area contributed by atoms with Crippen LogP contribution in [0, 0.1) is 17.1 Å². The average Bonchev–Trinajstić information content (AvgIpc) is 2.42. The molecule has 0 fully saturated rings. The van der Waals surface area contributed by atoms with Gasteiger partial charge in [-0.3, -0.25) is 0 Å². The third-order valence-electron chi connectivity index (χ3n) is 2.50. The van der Waals surface area contributed by atoms with Crippen molar-refractivity contribution in [2.24, 2.45) is 0 Å². The number of rotatable bonds is 3. The van der Waals surface area contributed by atoms with Crippen LogP contribution in [0.1, 0.15) is 12.6 Å². The Morgan fingerprint density at radius 1 is 1.28 bits per heavy atom. The summed E-state index contributed by atoms with van der Waals surface area (Å²) in [6.07, 6.45) is 2.93. The molecule has 0 bridgehead atoms. The Balaban J connectivity index is 2.53. The van der Waals surface area contributed by atoms with E-state index in [4.69, 9.17) is 5.26 Å². The first-order chi connectivity index (χ1) is 8.77. The van der Waals surface area contributed by atoms with E-state index in [1.165, 1.54) is 18.5 Å². The van der Waals surface area contributed by atoms with Gasteiger partial charge in [0.25, 0.3) is 0 Å². The second-order valence-electron chi connectivity index (χ2n) is 3.54. The van der Waals surface area contributed by atoms with Gasteiger partial charge in [-0.05, 0) is 19.1 Å². The van der Waals surface area contributed by atoms with E-state index in [0.717, 1.165) is 0 Å². The summed E-state index contributed by atoms with van der Waals surface area (Å²) < 4.78 is 13.8. The van der Waals surface area contributed by atoms with Crippen molar-refractivity contribution >= 4 is 11.5 Å². The highest BCUT2D eigenvalue weighted by atomic mass is 19.1. The van der Waals surface area contributed by atoms with E-state index in [0.29, 0.717) is 18.1 Å². The van der Waals surface area contributed by atoms with Crippen molar-refractivity contribution in [2.45, 2.75) is 6.92 Å². The summed E-state index contributed by atoms with van der Waals surface area (Å²) in [6.45, 7) is 2.36. The van der Waals surface area contributed by atoms with Crippen molar-refractivity contribution in [2.75, 3.05) is 11.4 Å². The molecule has 4 nitrogen and oxygen atoms in total. The maximum atomic E-state index is 13.8. The molecule has 0 aliphatic rings. The molecule has 2 aromatic rings. The predicted molar refractivity (Wildman–Crippen MR) is 65.8 cm³/mol. The zero-order valence-electron chi connectivity index (χ0n) is 9.84. The first kappa shape index (κ1) is 12.0. The van der Waals surface area contributed by atoms with Crippen molar-refractivity contribution < 1.29 is 4.39 Å². The summed E-state index contributed by atoms with van der Waals surface area (Å²) in [6, 6.07) is 8.34. The number of para-hydroxylation sites is 1. The van der Waals surface area contributed by atoms with Gasteiger partial charge in [-0.2, -0.15) is 5.26 Å². The van der Waals surface area contributed by atoms with E-state index in [1.54, 1.807) is 23.1 Å². The van der Waals surface area contributed by atoms with Gasteiger partial charge in [0, 0.05) is 18.9 Å². The number of halogens is 1. The number of benzene rings is 1. The molecule has 0 radical (unpaired) electrons. The fourth-order valence-electron chi connectivity index (χ4n) is 1.71. The summed E-state index contributed by atoms with van der Waals surface area (Å²) in [5, 5.41) is 9.01. The fraction of sp³-hybridized carbons (Fsp3) is 0.154. The Kier molecular flexibility index (Phi) is 3.49. The van der Waals surface area contributed by atoms with Gasteiger partial charge >= 0.3 is 0 Å². The SMILES string of the molecule is CCN(c1ccccc1F)c1nccnc1C#N. The van der Waals surface area contributed by atoms with Crippen LogP contribution in [0.4, 0.5) is 15.9 Å². The first-order valence-corrected chi connectivity index (χ1v) is 5.51. The molecule has 90 valence electrons. The highest BCUT2D eigenvalue weighted by Gasteiger charge is 2.16. The standard InChI is InChI=1S/C13H11FN4/c1-2-18(12-6-4-3-5-10(12)14)13-11(9-15)16-7-8-17-13/h3-8H,2H2,1H3. The maximum absolute atomic E-state index is 13.8. The molecule has 0 saturated carbocycles. The zero-order chi connectivity index (χ0) is 13.0. The molecule has 1 aromatic heterocycles. The Labute approximate surface area is 104 Å². The van der Waals surface area contributed by atoms with E-state index < -0.39 is 0 Å². The van der Waals surface area contributed by atoms with Crippen molar-refractivity contribution in [3.05, 3.63) is 48.2 Å². The molecule has 0 amide bonds. The van der Waals surface area contributed by atoms with Crippen LogP contribution in [0.3, 0.4) is 0 Å². The minimum absolute atomic E-state index is 0.183. The number of anilines is 2. The molecule has 0 unspecified atom stereocenters. The van der Waals surface area contributed by atoms with Gasteiger partial charge in [-0.25, -0.2) is 14.4 Å². The van der Waals surface area contributed by atoms with Crippen LogP contribution in [0.25, 0.3) is 0 Å². The second-order valence-corrected chi connectivity index (χ2v) is 3.54. The van der Waals surface area contributed by atoms with Crippen LogP contribution in [0.2, 0.25) is 0 Å². The van der Waals surface area contributed by atoms with Crippen molar-refractivity contribution in [3.63, 3.8) is 0 Å². The Morgan fingerprint density at radius 3 is 2.67 bits per heavy atom. The molecule has 0 aliphatic heterocycles. The normalized spacial score (nSPS) is 9.83. The Morgan fingerprint density at radius 2 is 2.00 bits per heavy atom. The van der Waals surface area contributed by atoms with Gasteiger partial charge in [-0.1, -0.05) is 12.1 Å². The van der Waals surface area contributed by atoms with Gasteiger partial charge in [0.2, 0.25) is 0 Å². The molecule has 18 heavy (non-hydrogen) atoms. The first-order valence-electron chi connectivity index (χ1n) is 5.51. The van der Waals surface area contributed by atoms with Crippen LogP contribution < -0.4 is 4.90 Å². The second kappa shape index (κ2) is 5.23. The van der Waals surface area contributed by atoms with Crippen molar-refractivity contribution in [3.8, 4) is 6.07 Å². The Bertz CT molecular complexity index is 592. The van der Waals surface area contributed by atoms with E-state index in [2.05, 4.69) is 9.97 Å². The highest BCUT2D eigenvalue weighted by molar-refractivity contribution is 5.64. The molecule has 0 aliphatic carbocycles. The molecule has 0 spiro atoms. The van der Waals surface area contributed by atoms with Gasteiger partial charge in [0.1, 0.15) is 11.9 Å². The van der Waals surface area contributed by atoms with Crippen LogP contribution in [-0.4, -0.2) is 16.5 Å². The monoisotopic (exact) mass is 242 g/mol. The van der Waals surface area contributed by atoms with Crippen molar-refractivity contribution in [1.29, 1.82) is 5.26 Å². The molecule has 0 saturated heterocycles. The molecule has 2 rings (SSSR count). The number of nitrogens with zero attached hydrogens (tertiary/aromatic N) is 4. The van der Waals surface area contributed by atoms with E-state index >= 15 is 0 Å². The van der Waals surface area contributed by atoms with Crippen molar-refractivity contribution in [1.82, 2.24) is 9.97 Å². The summed E-state index contributed by atoms with van der Waals surface area (Å²) >= 11 is 0. The van der Waals surface area contributed by atoms with E-state index in [1.807, 2.05) is 13.0 Å². The Hall–Kier alpha value is -2.48. The minimum atomic E-state index is -0.353. The summed E-state index contributed by atoms with van der Waals surface area (Å²) in [7, 11) is 0. The highest BCUT2D eigenvalue weighted by Crippen LogP contribution is 2.27. The lowest BCUT2D eigenvalue weighted by Gasteiger charge is -2.22. The summed E-state index contributed by atoms with van der Waals surface area (Å²) in [5.74, 6) is 0.0153. The molecule has 1 heterocycles. The number of hydrogen-bond acceptors (Lipinski definition) is 4. The van der Waals surface area contributed by atoms with Gasteiger partial charge in [-0.15, -0.1) is 0 Å². The van der Waals surface area contributed by atoms with Crippen LogP contribution >= 0.6 is 0 Å². The van der Waals surface area contributed by atoms with Gasteiger partial charge < -0.3 is 4.90 Å². The molecule has 1 aromatic carbocycles. The molecule has 0 atom stereocenters. The number of hydrogen-bond donors (Lipinski definition) is 0. The van der Waals surface area contributed by atoms with Crippen LogP contribution in [0.5, 0.6) is 0 Å². The maximum Gasteiger partial charge on any atom is 0.183 e. The quantitative estimate of drug-likeness (QED) is 0.830. The number of aromatic nitrogens is 2. The van der Waals surface area contributed by atoms with Gasteiger partial charge in [0.15, 0.2) is 11.5 Å². The predicted octanol–water partition coefficient (Wildman–Crippen LogP) is 2.65. The smallest absolute Gasteiger partial charge is 0.183 e. The largest absolute Gasteiger partial charge is 0.322 e.